The van der Waals surface area contributed by atoms with Gasteiger partial charge >= 0.3 is 6.09 Å². The molecule has 0 aliphatic carbocycles. The summed E-state index contributed by atoms with van der Waals surface area (Å²) in [5.41, 5.74) is 1.62. The van der Waals surface area contributed by atoms with Crippen LogP contribution in [0, 0.1) is 0 Å². The number of nitrogens with one attached hydrogen (secondary N) is 1. The van der Waals surface area contributed by atoms with Gasteiger partial charge in [0.05, 0.1) is 0 Å². The Morgan fingerprint density at radius 2 is 1.55 bits per heavy atom. The van der Waals surface area contributed by atoms with Crippen LogP contribution in [0.5, 0.6) is 0 Å². The summed E-state index contributed by atoms with van der Waals surface area (Å²) < 4.78 is 19.1. The lowest BCUT2D eigenvalue weighted by molar-refractivity contribution is 0.124. The second kappa shape index (κ2) is 9.69. The third-order valence-electron chi connectivity index (χ3n) is 4.67. The minimum Gasteiger partial charge on any atom is -0.445 e. The van der Waals surface area contributed by atoms with Crippen LogP contribution in [0.25, 0.3) is 6.08 Å². The molecule has 29 heavy (non-hydrogen) atoms. The number of hydrogen-bond acceptors (Lipinski definition) is 2. The van der Waals surface area contributed by atoms with Crippen molar-refractivity contribution in [1.29, 1.82) is 0 Å². The Hall–Kier alpha value is -2.67. The topological polar surface area (TPSA) is 38.3 Å². The molecule has 1 N–H and O–H groups in total. The molecule has 3 aromatic rings. The minimum absolute atomic E-state index is 0.102. The van der Waals surface area contributed by atoms with Crippen molar-refractivity contribution in [1.82, 2.24) is 5.32 Å². The van der Waals surface area contributed by atoms with E-state index >= 15 is 4.39 Å². The molecule has 5 heteroatoms. The summed E-state index contributed by atoms with van der Waals surface area (Å²) in [4.78, 5) is 12.7. The van der Waals surface area contributed by atoms with Crippen molar-refractivity contribution in [2.24, 2.45) is 0 Å². The van der Waals surface area contributed by atoms with E-state index in [2.05, 4.69) is 11.9 Å². The number of hydrogen-bond donors (Lipinski definition) is 1. The summed E-state index contributed by atoms with van der Waals surface area (Å²) in [7, 11) is 0. The average Bonchev–Trinajstić information content (AvgIpc) is 2.77. The number of ether oxygens (including phenoxy) is 1. The number of alkyl carbamates (subject to hydrolysis) is 1. The highest BCUT2D eigenvalue weighted by Gasteiger charge is 2.43. The van der Waals surface area contributed by atoms with Gasteiger partial charge in [-0.2, -0.15) is 0 Å². The Kier molecular flexibility index (Phi) is 7.04. The van der Waals surface area contributed by atoms with Crippen molar-refractivity contribution in [3.05, 3.63) is 114 Å². The van der Waals surface area contributed by atoms with Gasteiger partial charge in [-0.1, -0.05) is 97.6 Å². The van der Waals surface area contributed by atoms with E-state index in [1.165, 1.54) is 0 Å². The quantitative estimate of drug-likeness (QED) is 0.308. The van der Waals surface area contributed by atoms with Crippen LogP contribution in [0.1, 0.15) is 22.3 Å². The Morgan fingerprint density at radius 3 is 2.10 bits per heavy atom. The molecule has 0 spiro atoms. The van der Waals surface area contributed by atoms with Crippen LogP contribution in [0.15, 0.2) is 91.5 Å². The Labute approximate surface area is 183 Å². The second-order valence-electron chi connectivity index (χ2n) is 6.49. The lowest BCUT2D eigenvalue weighted by Gasteiger charge is -2.36. The maximum absolute atomic E-state index is 15.2. The van der Waals surface area contributed by atoms with Crippen molar-refractivity contribution in [3.63, 3.8) is 0 Å². The number of amides is 1. The lowest BCUT2D eigenvalue weighted by Crippen LogP contribution is -2.51. The predicted molar refractivity (Wildman–Crippen MR) is 122 cm³/mol. The molecule has 0 fully saturated rings. The molecule has 2 unspecified atom stereocenters. The smallest absolute Gasteiger partial charge is 0.408 e. The zero-order chi connectivity index (χ0) is 20.7. The molecule has 3 rings (SSSR count). The van der Waals surface area contributed by atoms with Gasteiger partial charge < -0.3 is 10.1 Å². The Balaban J connectivity index is 1.95. The third kappa shape index (κ3) is 4.85. The summed E-state index contributed by atoms with van der Waals surface area (Å²) in [5, 5.41) is 2.80. The minimum atomic E-state index is -1.44. The monoisotopic (exact) mass is 501 g/mol. The molecule has 1 amide bonds. The van der Waals surface area contributed by atoms with Crippen LogP contribution in [0.3, 0.4) is 0 Å². The molecule has 0 aliphatic rings. The lowest BCUT2D eigenvalue weighted by atomic mass is 9.83. The van der Waals surface area contributed by atoms with Gasteiger partial charge in [-0.05, 0) is 44.8 Å². The van der Waals surface area contributed by atoms with Crippen LogP contribution >= 0.6 is 22.6 Å². The third-order valence-corrected chi connectivity index (χ3v) is 5.60. The highest BCUT2D eigenvalue weighted by atomic mass is 127. The molecule has 0 aromatic heterocycles. The van der Waals surface area contributed by atoms with E-state index < -0.39 is 15.8 Å². The Morgan fingerprint density at radius 1 is 1.00 bits per heavy atom. The van der Waals surface area contributed by atoms with E-state index in [1.54, 1.807) is 52.9 Å². The van der Waals surface area contributed by atoms with E-state index in [-0.39, 0.29) is 6.61 Å². The molecule has 3 aromatic carbocycles. The van der Waals surface area contributed by atoms with Gasteiger partial charge in [0.15, 0.2) is 4.18 Å². The van der Waals surface area contributed by atoms with Gasteiger partial charge in [0.2, 0.25) is 0 Å². The molecule has 0 saturated heterocycles. The first-order valence-electron chi connectivity index (χ1n) is 9.12. The number of carbonyl (C=O) groups is 1. The zero-order valence-electron chi connectivity index (χ0n) is 15.7. The Bertz CT molecular complexity index is 946. The van der Waals surface area contributed by atoms with Crippen molar-refractivity contribution in [3.8, 4) is 0 Å². The van der Waals surface area contributed by atoms with Crippen LogP contribution in [0.2, 0.25) is 0 Å². The first kappa shape index (κ1) is 21.0. The fraction of sp³-hybridized carbons (Fsp3) is 0.125. The largest absolute Gasteiger partial charge is 0.445 e. The number of alkyl halides is 2. The summed E-state index contributed by atoms with van der Waals surface area (Å²) in [5.74, 6) is 0. The first-order valence-corrected chi connectivity index (χ1v) is 10.4. The maximum atomic E-state index is 15.2. The van der Waals surface area contributed by atoms with Gasteiger partial charge in [-0.15, -0.1) is 0 Å². The summed E-state index contributed by atoms with van der Waals surface area (Å²) in [6, 6.07) is 25.7. The van der Waals surface area contributed by atoms with E-state index in [1.807, 2.05) is 60.7 Å². The van der Waals surface area contributed by atoms with E-state index in [0.29, 0.717) is 11.1 Å². The van der Waals surface area contributed by atoms with Gasteiger partial charge in [-0.25, -0.2) is 9.18 Å². The summed E-state index contributed by atoms with van der Waals surface area (Å²) in [6.45, 7) is 3.85. The molecule has 0 saturated carbocycles. The standard InChI is InChI=1S/C24H21FINO2/c1-2-18-13-15-21(16-14-18)24(22(25)26,20-11-7-4-8-12-20)27-23(28)29-17-19-9-5-3-6-10-19/h2-16,22H,1,17H2,(H,27,28). The maximum Gasteiger partial charge on any atom is 0.408 e. The van der Waals surface area contributed by atoms with Crippen LogP contribution in [0.4, 0.5) is 9.18 Å². The van der Waals surface area contributed by atoms with Crippen molar-refractivity contribution < 1.29 is 13.9 Å². The molecule has 148 valence electrons. The number of carbonyl (C=O) groups excluding carboxylic acids is 1. The van der Waals surface area contributed by atoms with Crippen molar-refractivity contribution in [2.75, 3.05) is 0 Å². The number of benzene rings is 3. The highest BCUT2D eigenvalue weighted by molar-refractivity contribution is 14.1. The summed E-state index contributed by atoms with van der Waals surface area (Å²) >= 11 is 1.70. The van der Waals surface area contributed by atoms with Gasteiger partial charge in [0, 0.05) is 0 Å². The molecule has 0 bridgehead atoms. The molecule has 0 radical (unpaired) electrons. The van der Waals surface area contributed by atoms with Crippen molar-refractivity contribution in [2.45, 2.75) is 16.3 Å². The van der Waals surface area contributed by atoms with Gasteiger partial charge in [0.25, 0.3) is 0 Å². The fourth-order valence-corrected chi connectivity index (χ4v) is 4.00. The van der Waals surface area contributed by atoms with E-state index in [9.17, 15) is 4.79 Å². The normalized spacial score (nSPS) is 13.7. The first-order chi connectivity index (χ1) is 14.1. The SMILES string of the molecule is C=Cc1ccc(C(NC(=O)OCc2ccccc2)(c2ccccc2)C(F)I)cc1. The molecular formula is C24H21FINO2. The molecule has 3 nitrogen and oxygen atoms in total. The molecule has 0 aliphatic heterocycles. The molecule has 2 atom stereocenters. The van der Waals surface area contributed by atoms with Crippen LogP contribution < -0.4 is 5.32 Å². The molecular weight excluding hydrogens is 480 g/mol. The van der Waals surface area contributed by atoms with E-state index in [4.69, 9.17) is 4.74 Å². The summed E-state index contributed by atoms with van der Waals surface area (Å²) in [6.07, 6.45) is 1.02. The predicted octanol–water partition coefficient (Wildman–Crippen LogP) is 6.23. The van der Waals surface area contributed by atoms with Gasteiger partial charge in [0.1, 0.15) is 12.1 Å². The fourth-order valence-electron chi connectivity index (χ4n) is 3.12. The number of rotatable bonds is 7. The number of halogens is 2. The molecule has 0 heterocycles. The van der Waals surface area contributed by atoms with Crippen molar-refractivity contribution >= 4 is 34.8 Å². The highest BCUT2D eigenvalue weighted by Crippen LogP contribution is 2.38. The van der Waals surface area contributed by atoms with E-state index in [0.717, 1.165) is 11.1 Å². The zero-order valence-corrected chi connectivity index (χ0v) is 17.9. The van der Waals surface area contributed by atoms with Crippen LogP contribution in [-0.4, -0.2) is 10.3 Å². The average molecular weight is 501 g/mol. The van der Waals surface area contributed by atoms with Gasteiger partial charge in [-0.3, -0.25) is 0 Å². The van der Waals surface area contributed by atoms with Crippen LogP contribution in [-0.2, 0) is 16.9 Å². The second-order valence-corrected chi connectivity index (χ2v) is 7.58.